The van der Waals surface area contributed by atoms with Gasteiger partial charge in [0.2, 0.25) is 0 Å². The molecule has 0 aliphatic rings. The summed E-state index contributed by atoms with van der Waals surface area (Å²) in [7, 11) is 1.13. The molecule has 0 saturated carbocycles. The van der Waals surface area contributed by atoms with Crippen LogP contribution in [0.2, 0.25) is 0 Å². The third-order valence-electron chi connectivity index (χ3n) is 2.07. The Hall–Kier alpha value is 0.170. The molecule has 12 heavy (non-hydrogen) atoms. The molecule has 0 bridgehead atoms. The van der Waals surface area contributed by atoms with Crippen molar-refractivity contribution in [2.75, 3.05) is 12.8 Å². The maximum Gasteiger partial charge on any atom is -0.0230 e. The average molecular weight is 186 g/mol. The van der Waals surface area contributed by atoms with Crippen molar-refractivity contribution in [3.63, 3.8) is 0 Å². The monoisotopic (exact) mass is 186 g/mol. The van der Waals surface area contributed by atoms with Crippen molar-refractivity contribution in [3.8, 4) is 0 Å². The van der Waals surface area contributed by atoms with Crippen LogP contribution < -0.4 is 0 Å². The molecule has 0 N–H and O–H groups in total. The van der Waals surface area contributed by atoms with Gasteiger partial charge in [-0.2, -0.15) is 0 Å². The predicted octanol–water partition coefficient (Wildman–Crippen LogP) is 4.07. The minimum Gasteiger partial charge on any atom is -0.125 e. The second-order valence-corrected chi connectivity index (χ2v) is 4.48. The van der Waals surface area contributed by atoms with E-state index in [4.69, 9.17) is 0 Å². The summed E-state index contributed by atoms with van der Waals surface area (Å²) >= 11 is 0. The van der Waals surface area contributed by atoms with Crippen molar-refractivity contribution in [2.24, 2.45) is 5.92 Å². The molecule has 0 aromatic carbocycles. The lowest BCUT2D eigenvalue weighted by Gasteiger charge is -2.09. The average Bonchev–Trinajstić information content (AvgIpc) is 2.10. The highest BCUT2D eigenvalue weighted by Gasteiger charge is 2.01. The van der Waals surface area contributed by atoms with Gasteiger partial charge in [0.05, 0.1) is 0 Å². The van der Waals surface area contributed by atoms with Crippen LogP contribution in [0.1, 0.15) is 39.5 Å². The first-order valence-electron chi connectivity index (χ1n) is 5.16. The Morgan fingerprint density at radius 2 is 2.00 bits per heavy atom. The van der Waals surface area contributed by atoms with Crippen LogP contribution in [0.3, 0.4) is 0 Å². The topological polar surface area (TPSA) is 0 Å². The van der Waals surface area contributed by atoms with Gasteiger partial charge < -0.3 is 0 Å². The van der Waals surface area contributed by atoms with Crippen LogP contribution in [0.15, 0.2) is 12.2 Å². The van der Waals surface area contributed by atoms with E-state index >= 15 is 0 Å². The summed E-state index contributed by atoms with van der Waals surface area (Å²) in [5, 5.41) is 0. The van der Waals surface area contributed by atoms with E-state index in [1.807, 2.05) is 0 Å². The van der Waals surface area contributed by atoms with Gasteiger partial charge >= 0.3 is 0 Å². The van der Waals surface area contributed by atoms with Crippen molar-refractivity contribution >= 4 is 8.58 Å². The quantitative estimate of drug-likeness (QED) is 0.415. The Bertz CT molecular complexity index is 108. The molecule has 0 aliphatic carbocycles. The first-order valence-corrected chi connectivity index (χ1v) is 6.87. The predicted molar refractivity (Wildman–Crippen MR) is 61.6 cm³/mol. The van der Waals surface area contributed by atoms with E-state index in [-0.39, 0.29) is 0 Å². The lowest BCUT2D eigenvalue weighted by Crippen LogP contribution is -1.96. The zero-order valence-electron chi connectivity index (χ0n) is 8.77. The normalized spacial score (nSPS) is 14.9. The second-order valence-electron chi connectivity index (χ2n) is 3.28. The Morgan fingerprint density at radius 3 is 2.50 bits per heavy atom. The Balaban J connectivity index is 3.61. The molecule has 0 heterocycles. The first-order chi connectivity index (χ1) is 5.85. The van der Waals surface area contributed by atoms with Gasteiger partial charge in [0.1, 0.15) is 0 Å². The zero-order valence-corrected chi connectivity index (χ0v) is 9.77. The van der Waals surface area contributed by atoms with Crippen molar-refractivity contribution in [2.45, 2.75) is 39.5 Å². The molecule has 0 amide bonds. The van der Waals surface area contributed by atoms with Crippen LogP contribution in [0, 0.1) is 5.92 Å². The van der Waals surface area contributed by atoms with Crippen LogP contribution in [0.5, 0.6) is 0 Å². The highest BCUT2D eigenvalue weighted by molar-refractivity contribution is 7.36. The molecule has 0 rings (SSSR count). The van der Waals surface area contributed by atoms with Crippen molar-refractivity contribution < 1.29 is 0 Å². The van der Waals surface area contributed by atoms with E-state index in [0.29, 0.717) is 0 Å². The summed E-state index contributed by atoms with van der Waals surface area (Å²) < 4.78 is 0. The third-order valence-corrected chi connectivity index (χ3v) is 2.86. The molecular weight excluding hydrogens is 163 g/mol. The molecule has 2 atom stereocenters. The van der Waals surface area contributed by atoms with Gasteiger partial charge in [-0.3, -0.25) is 0 Å². The van der Waals surface area contributed by atoms with E-state index in [2.05, 4.69) is 32.7 Å². The summed E-state index contributed by atoms with van der Waals surface area (Å²) in [4.78, 5) is 0. The van der Waals surface area contributed by atoms with E-state index < -0.39 is 0 Å². The minimum absolute atomic E-state index is 0.863. The van der Waals surface area contributed by atoms with Gasteiger partial charge in [-0.1, -0.05) is 32.4 Å². The molecule has 2 unspecified atom stereocenters. The summed E-state index contributed by atoms with van der Waals surface area (Å²) in [5.41, 5.74) is 0. The fourth-order valence-electron chi connectivity index (χ4n) is 1.37. The first kappa shape index (κ1) is 12.2. The number of rotatable bonds is 7. The zero-order chi connectivity index (χ0) is 9.23. The standard InChI is InChI=1S/C11H23P/c1-4-6-8-11(7-5-2)9-10-12-3/h6,8,11-12H,4-5,7,9-10H2,1-3H3. The summed E-state index contributed by atoms with van der Waals surface area (Å²) in [6.45, 7) is 6.79. The minimum atomic E-state index is 0.863. The lowest BCUT2D eigenvalue weighted by molar-refractivity contribution is 0.565. The Kier molecular flexibility index (Phi) is 9.39. The van der Waals surface area contributed by atoms with Crippen LogP contribution in [0.25, 0.3) is 0 Å². The van der Waals surface area contributed by atoms with Gasteiger partial charge in [-0.05, 0) is 38.0 Å². The number of hydrogen-bond acceptors (Lipinski definition) is 0. The summed E-state index contributed by atoms with van der Waals surface area (Å²) in [5.74, 6) is 0.863. The number of allylic oxidation sites excluding steroid dienone is 2. The molecule has 0 aliphatic heterocycles. The largest absolute Gasteiger partial charge is 0.125 e. The van der Waals surface area contributed by atoms with Crippen molar-refractivity contribution in [1.29, 1.82) is 0 Å². The van der Waals surface area contributed by atoms with Gasteiger partial charge in [-0.25, -0.2) is 0 Å². The maximum atomic E-state index is 2.42. The Morgan fingerprint density at radius 1 is 1.25 bits per heavy atom. The molecule has 0 fully saturated rings. The maximum absolute atomic E-state index is 2.42. The van der Waals surface area contributed by atoms with E-state index in [1.165, 1.54) is 31.8 Å². The van der Waals surface area contributed by atoms with E-state index in [0.717, 1.165) is 14.5 Å². The van der Waals surface area contributed by atoms with Crippen LogP contribution in [-0.2, 0) is 0 Å². The van der Waals surface area contributed by atoms with Gasteiger partial charge in [0, 0.05) is 0 Å². The molecule has 1 heteroatoms. The van der Waals surface area contributed by atoms with Gasteiger partial charge in [0.15, 0.2) is 0 Å². The van der Waals surface area contributed by atoms with Gasteiger partial charge in [0.25, 0.3) is 0 Å². The molecule has 72 valence electrons. The molecule has 0 aromatic rings. The molecule has 0 saturated heterocycles. The second kappa shape index (κ2) is 9.26. The molecule has 0 nitrogen and oxygen atoms in total. The van der Waals surface area contributed by atoms with Crippen molar-refractivity contribution in [3.05, 3.63) is 12.2 Å². The van der Waals surface area contributed by atoms with E-state index in [9.17, 15) is 0 Å². The fourth-order valence-corrected chi connectivity index (χ4v) is 2.03. The van der Waals surface area contributed by atoms with Crippen LogP contribution in [-0.4, -0.2) is 12.8 Å². The molecule has 0 spiro atoms. The van der Waals surface area contributed by atoms with Crippen LogP contribution in [0.4, 0.5) is 0 Å². The summed E-state index contributed by atoms with van der Waals surface area (Å²) in [6.07, 6.45) is 11.4. The summed E-state index contributed by atoms with van der Waals surface area (Å²) in [6, 6.07) is 0. The van der Waals surface area contributed by atoms with Crippen LogP contribution >= 0.6 is 8.58 Å². The molecular formula is C11H23P. The van der Waals surface area contributed by atoms with Gasteiger partial charge in [-0.15, -0.1) is 8.58 Å². The molecule has 0 aromatic heterocycles. The third kappa shape index (κ3) is 6.85. The van der Waals surface area contributed by atoms with Crippen molar-refractivity contribution in [1.82, 2.24) is 0 Å². The number of hydrogen-bond donors (Lipinski definition) is 0. The van der Waals surface area contributed by atoms with E-state index in [1.54, 1.807) is 0 Å². The Labute approximate surface area is 79.6 Å². The fraction of sp³-hybridized carbons (Fsp3) is 0.818. The lowest BCUT2D eigenvalue weighted by atomic mass is 10.00. The smallest absolute Gasteiger partial charge is 0.0230 e. The molecule has 0 radical (unpaired) electrons. The SMILES string of the molecule is CCC=CC(CCC)CCPC. The highest BCUT2D eigenvalue weighted by atomic mass is 31.1. The highest BCUT2D eigenvalue weighted by Crippen LogP contribution is 2.17.